The van der Waals surface area contributed by atoms with E-state index in [0.29, 0.717) is 10.8 Å². The number of nitrogens with zero attached hydrogens (tertiary/aromatic N) is 1. The molecule has 0 aliphatic carbocycles. The van der Waals surface area contributed by atoms with Crippen molar-refractivity contribution >= 4 is 0 Å². The van der Waals surface area contributed by atoms with Crippen molar-refractivity contribution in [2.24, 2.45) is 10.8 Å². The fraction of sp³-hybridized carbons (Fsp3) is 1.00. The van der Waals surface area contributed by atoms with E-state index >= 15 is 0 Å². The Morgan fingerprint density at radius 1 is 1.00 bits per heavy atom. The van der Waals surface area contributed by atoms with E-state index in [4.69, 9.17) is 4.74 Å². The average molecular weight is 241 g/mol. The maximum Gasteiger partial charge on any atom is 0.0594 e. The first-order chi connectivity index (χ1) is 7.91. The third kappa shape index (κ3) is 4.97. The van der Waals surface area contributed by atoms with Crippen molar-refractivity contribution in [2.75, 3.05) is 32.8 Å². The van der Waals surface area contributed by atoms with Gasteiger partial charge in [0.2, 0.25) is 0 Å². The third-order valence-corrected chi connectivity index (χ3v) is 4.43. The molecule has 0 aromatic carbocycles. The molecule has 102 valence electrons. The van der Waals surface area contributed by atoms with E-state index in [1.165, 1.54) is 25.8 Å². The van der Waals surface area contributed by atoms with Crippen LogP contribution < -0.4 is 0 Å². The zero-order valence-corrected chi connectivity index (χ0v) is 12.5. The summed E-state index contributed by atoms with van der Waals surface area (Å²) in [5.41, 5.74) is 0.925. The van der Waals surface area contributed by atoms with E-state index in [9.17, 15) is 0 Å². The molecule has 2 heteroatoms. The van der Waals surface area contributed by atoms with E-state index in [1.807, 2.05) is 0 Å². The van der Waals surface area contributed by atoms with Crippen LogP contribution in [0.1, 0.15) is 53.9 Å². The molecule has 0 bridgehead atoms. The Hall–Kier alpha value is -0.0800. The Balaban J connectivity index is 2.54. The molecule has 1 fully saturated rings. The third-order valence-electron chi connectivity index (χ3n) is 4.43. The molecule has 0 radical (unpaired) electrons. The van der Waals surface area contributed by atoms with Gasteiger partial charge in [0.15, 0.2) is 0 Å². The van der Waals surface area contributed by atoms with Crippen molar-refractivity contribution in [3.8, 4) is 0 Å². The summed E-state index contributed by atoms with van der Waals surface area (Å²) in [7, 11) is 0. The van der Waals surface area contributed by atoms with E-state index in [-0.39, 0.29) is 0 Å². The van der Waals surface area contributed by atoms with Gasteiger partial charge in [-0.2, -0.15) is 0 Å². The molecule has 1 saturated heterocycles. The summed E-state index contributed by atoms with van der Waals surface area (Å²) in [5, 5.41) is 0. The van der Waals surface area contributed by atoms with Gasteiger partial charge >= 0.3 is 0 Å². The van der Waals surface area contributed by atoms with Gasteiger partial charge in [0.25, 0.3) is 0 Å². The van der Waals surface area contributed by atoms with Crippen LogP contribution in [0.4, 0.5) is 0 Å². The topological polar surface area (TPSA) is 12.5 Å². The van der Waals surface area contributed by atoms with E-state index in [1.54, 1.807) is 0 Å². The Bertz CT molecular complexity index is 221. The van der Waals surface area contributed by atoms with E-state index in [0.717, 1.165) is 26.3 Å². The number of morpholine rings is 1. The lowest BCUT2D eigenvalue weighted by Crippen LogP contribution is -2.44. The zero-order valence-electron chi connectivity index (χ0n) is 12.5. The van der Waals surface area contributed by atoms with Crippen LogP contribution in [0.2, 0.25) is 0 Å². The molecule has 0 N–H and O–H groups in total. The minimum absolute atomic E-state index is 0.455. The maximum atomic E-state index is 5.43. The summed E-state index contributed by atoms with van der Waals surface area (Å²) in [4.78, 5) is 2.58. The summed E-state index contributed by atoms with van der Waals surface area (Å²) in [6, 6.07) is 0. The molecule has 2 nitrogen and oxygen atoms in total. The van der Waals surface area contributed by atoms with Gasteiger partial charge in [-0.05, 0) is 23.7 Å². The molecule has 0 aromatic heterocycles. The van der Waals surface area contributed by atoms with Gasteiger partial charge < -0.3 is 4.74 Å². The molecular formula is C15H31NO. The first kappa shape index (κ1) is 15.0. The molecule has 1 aliphatic heterocycles. The highest BCUT2D eigenvalue weighted by molar-refractivity contribution is 4.84. The van der Waals surface area contributed by atoms with Crippen LogP contribution in [0.3, 0.4) is 0 Å². The van der Waals surface area contributed by atoms with Crippen LogP contribution in [0.25, 0.3) is 0 Å². The summed E-state index contributed by atoms with van der Waals surface area (Å²) < 4.78 is 5.43. The Morgan fingerprint density at radius 3 is 2.06 bits per heavy atom. The van der Waals surface area contributed by atoms with Gasteiger partial charge in [-0.3, -0.25) is 4.90 Å². The Labute approximate surface area is 108 Å². The lowest BCUT2D eigenvalue weighted by Gasteiger charge is -2.41. The molecule has 0 spiro atoms. The van der Waals surface area contributed by atoms with Crippen LogP contribution in [0.15, 0.2) is 0 Å². The normalized spacial score (nSPS) is 22.4. The van der Waals surface area contributed by atoms with Crippen LogP contribution in [0, 0.1) is 10.8 Å². The molecule has 0 aromatic rings. The van der Waals surface area contributed by atoms with Crippen LogP contribution in [-0.4, -0.2) is 37.7 Å². The molecule has 1 aliphatic rings. The number of rotatable bonds is 6. The SMILES string of the molecule is CCC(C)(C)CC(C)(CC)CN1CCOCC1. The monoisotopic (exact) mass is 241 g/mol. The van der Waals surface area contributed by atoms with E-state index < -0.39 is 0 Å². The van der Waals surface area contributed by atoms with Crippen LogP contribution in [0.5, 0.6) is 0 Å². The maximum absolute atomic E-state index is 5.43. The first-order valence-corrected chi connectivity index (χ1v) is 7.21. The number of ether oxygens (including phenoxy) is 1. The predicted molar refractivity (Wildman–Crippen MR) is 74.3 cm³/mol. The summed E-state index contributed by atoms with van der Waals surface area (Å²) >= 11 is 0. The minimum Gasteiger partial charge on any atom is -0.379 e. The fourth-order valence-electron chi connectivity index (χ4n) is 2.87. The second-order valence-corrected chi connectivity index (χ2v) is 6.75. The Kier molecular flexibility index (Phi) is 5.46. The lowest BCUT2D eigenvalue weighted by atomic mass is 9.71. The van der Waals surface area contributed by atoms with Gasteiger partial charge in [0, 0.05) is 19.6 Å². The largest absolute Gasteiger partial charge is 0.379 e. The summed E-state index contributed by atoms with van der Waals surface area (Å²) in [6.07, 6.45) is 3.86. The van der Waals surface area contributed by atoms with Crippen molar-refractivity contribution in [3.63, 3.8) is 0 Å². The lowest BCUT2D eigenvalue weighted by molar-refractivity contribution is 0.00864. The first-order valence-electron chi connectivity index (χ1n) is 7.21. The van der Waals surface area contributed by atoms with Crippen molar-refractivity contribution in [1.82, 2.24) is 4.90 Å². The Morgan fingerprint density at radius 2 is 1.59 bits per heavy atom. The highest BCUT2D eigenvalue weighted by Gasteiger charge is 2.32. The standard InChI is InChI=1S/C15H31NO/c1-6-14(3,4)12-15(5,7-2)13-16-8-10-17-11-9-16/h6-13H2,1-5H3. The quantitative estimate of drug-likeness (QED) is 0.705. The minimum atomic E-state index is 0.455. The number of hydrogen-bond acceptors (Lipinski definition) is 2. The molecule has 1 unspecified atom stereocenters. The van der Waals surface area contributed by atoms with E-state index in [2.05, 4.69) is 39.5 Å². The number of hydrogen-bond donors (Lipinski definition) is 0. The highest BCUT2D eigenvalue weighted by atomic mass is 16.5. The molecule has 0 saturated carbocycles. The van der Waals surface area contributed by atoms with Gasteiger partial charge in [0.1, 0.15) is 0 Å². The van der Waals surface area contributed by atoms with Crippen molar-refractivity contribution in [1.29, 1.82) is 0 Å². The fourth-order valence-corrected chi connectivity index (χ4v) is 2.87. The second kappa shape index (κ2) is 6.19. The van der Waals surface area contributed by atoms with Crippen LogP contribution in [-0.2, 0) is 4.74 Å². The summed E-state index contributed by atoms with van der Waals surface area (Å²) in [6.45, 7) is 17.2. The van der Waals surface area contributed by atoms with Crippen LogP contribution >= 0.6 is 0 Å². The zero-order chi connectivity index (χ0) is 12.9. The summed E-state index contributed by atoms with van der Waals surface area (Å²) in [5.74, 6) is 0. The van der Waals surface area contributed by atoms with Gasteiger partial charge in [-0.1, -0.05) is 41.0 Å². The molecule has 1 rings (SSSR count). The van der Waals surface area contributed by atoms with Crippen molar-refractivity contribution in [2.45, 2.75) is 53.9 Å². The van der Waals surface area contributed by atoms with Gasteiger partial charge in [-0.15, -0.1) is 0 Å². The molecule has 17 heavy (non-hydrogen) atoms. The van der Waals surface area contributed by atoms with Gasteiger partial charge in [0.05, 0.1) is 13.2 Å². The van der Waals surface area contributed by atoms with Gasteiger partial charge in [-0.25, -0.2) is 0 Å². The molecule has 0 amide bonds. The average Bonchev–Trinajstić information content (AvgIpc) is 2.29. The second-order valence-electron chi connectivity index (χ2n) is 6.75. The van der Waals surface area contributed by atoms with Crippen molar-refractivity contribution in [3.05, 3.63) is 0 Å². The predicted octanol–water partition coefficient (Wildman–Crippen LogP) is 3.56. The molecule has 1 atom stereocenters. The van der Waals surface area contributed by atoms with Crippen molar-refractivity contribution < 1.29 is 4.74 Å². The molecular weight excluding hydrogens is 210 g/mol. The molecule has 1 heterocycles. The highest BCUT2D eigenvalue weighted by Crippen LogP contribution is 2.39. The smallest absolute Gasteiger partial charge is 0.0594 e.